The van der Waals surface area contributed by atoms with Gasteiger partial charge in [-0.1, -0.05) is 139 Å². The Balaban J connectivity index is 1.21. The van der Waals surface area contributed by atoms with Crippen molar-refractivity contribution in [3.63, 3.8) is 0 Å². The topological polar surface area (TPSA) is 30.7 Å². The number of nitrogens with zero attached hydrogens (tertiary/aromatic N) is 3. The predicted molar refractivity (Wildman–Crippen MR) is 208 cm³/mol. The van der Waals surface area contributed by atoms with E-state index in [1.54, 1.807) is 0 Å². The molecule has 0 saturated heterocycles. The molecule has 0 fully saturated rings. The summed E-state index contributed by atoms with van der Waals surface area (Å²) in [4.78, 5) is 10.2. The first-order chi connectivity index (χ1) is 24.7. The molecular formula is C47H33N3. The van der Waals surface area contributed by atoms with Crippen LogP contribution in [0.4, 0.5) is 0 Å². The monoisotopic (exact) mass is 639 g/mol. The predicted octanol–water partition coefficient (Wildman–Crippen LogP) is 12.2. The molecule has 0 saturated carbocycles. The van der Waals surface area contributed by atoms with Crippen LogP contribution in [0, 0.1) is 6.92 Å². The normalized spacial score (nSPS) is 11.3. The number of para-hydroxylation sites is 2. The summed E-state index contributed by atoms with van der Waals surface area (Å²) in [6, 6.07) is 64.5. The van der Waals surface area contributed by atoms with Crippen LogP contribution in [-0.2, 0) is 0 Å². The number of aryl methyl sites for hydroxylation is 1. The maximum absolute atomic E-state index is 5.17. The fraction of sp³-hybridized carbons (Fsp3) is 0.0213. The highest BCUT2D eigenvalue weighted by Crippen LogP contribution is 2.36. The quantitative estimate of drug-likeness (QED) is 0.181. The van der Waals surface area contributed by atoms with Gasteiger partial charge in [-0.25, -0.2) is 9.97 Å². The first-order valence-electron chi connectivity index (χ1n) is 17.0. The smallest absolute Gasteiger partial charge is 0.160 e. The van der Waals surface area contributed by atoms with E-state index in [9.17, 15) is 0 Å². The van der Waals surface area contributed by atoms with Gasteiger partial charge in [-0.2, -0.15) is 0 Å². The van der Waals surface area contributed by atoms with E-state index in [4.69, 9.17) is 9.97 Å². The SMILES string of the molecule is Cc1ccc(-c2cc(-c3ccc(-n4c5ccccc5c5ccccc54)cc3)cc(-c3cc(-c4ccccc4)nc(-c4ccccc4)n3)c2)cc1. The second-order valence-corrected chi connectivity index (χ2v) is 12.8. The minimum atomic E-state index is 0.708. The van der Waals surface area contributed by atoms with Gasteiger partial charge in [0.25, 0.3) is 0 Å². The molecule has 7 aromatic carbocycles. The first-order valence-corrected chi connectivity index (χ1v) is 17.0. The molecule has 0 bridgehead atoms. The number of rotatable bonds is 6. The van der Waals surface area contributed by atoms with Crippen LogP contribution in [0.5, 0.6) is 0 Å². The highest BCUT2D eigenvalue weighted by atomic mass is 15.0. The van der Waals surface area contributed by atoms with Crippen molar-refractivity contribution in [2.75, 3.05) is 0 Å². The Morgan fingerprint density at radius 3 is 1.40 bits per heavy atom. The molecule has 0 atom stereocenters. The maximum Gasteiger partial charge on any atom is 0.160 e. The van der Waals surface area contributed by atoms with Crippen molar-refractivity contribution >= 4 is 21.8 Å². The van der Waals surface area contributed by atoms with Crippen LogP contribution < -0.4 is 0 Å². The second-order valence-electron chi connectivity index (χ2n) is 12.8. The lowest BCUT2D eigenvalue weighted by molar-refractivity contribution is 1.18. The minimum absolute atomic E-state index is 0.708. The first kappa shape index (κ1) is 29.6. The van der Waals surface area contributed by atoms with Gasteiger partial charge in [0.15, 0.2) is 5.82 Å². The van der Waals surface area contributed by atoms with Gasteiger partial charge >= 0.3 is 0 Å². The summed E-state index contributed by atoms with van der Waals surface area (Å²) in [6.45, 7) is 2.13. The molecule has 0 aliphatic heterocycles. The Morgan fingerprint density at radius 2 is 0.820 bits per heavy atom. The largest absolute Gasteiger partial charge is 0.309 e. The molecule has 0 amide bonds. The summed E-state index contributed by atoms with van der Waals surface area (Å²) >= 11 is 0. The standard InChI is InChI=1S/C47H33N3/c1-32-20-22-33(23-21-32)37-28-38(34-24-26-40(27-25-34)50-45-18-10-8-16-41(45)42-17-9-11-19-46(42)50)30-39(29-37)44-31-43(35-12-4-2-5-13-35)48-47(49-44)36-14-6-3-7-15-36/h2-31H,1H3. The molecule has 0 radical (unpaired) electrons. The molecule has 2 aromatic heterocycles. The van der Waals surface area contributed by atoms with Crippen LogP contribution in [0.25, 0.3) is 83.6 Å². The van der Waals surface area contributed by atoms with Gasteiger partial charge in [-0.15, -0.1) is 0 Å². The zero-order chi connectivity index (χ0) is 33.4. The fourth-order valence-electron chi connectivity index (χ4n) is 6.93. The van der Waals surface area contributed by atoms with Gasteiger partial charge in [0, 0.05) is 33.2 Å². The molecular weight excluding hydrogens is 607 g/mol. The van der Waals surface area contributed by atoms with Gasteiger partial charge in [-0.3, -0.25) is 0 Å². The lowest BCUT2D eigenvalue weighted by atomic mass is 9.94. The lowest BCUT2D eigenvalue weighted by Crippen LogP contribution is -1.96. The molecule has 0 aliphatic carbocycles. The van der Waals surface area contributed by atoms with Crippen molar-refractivity contribution < 1.29 is 0 Å². The molecule has 3 nitrogen and oxygen atoms in total. The summed E-state index contributed by atoms with van der Waals surface area (Å²) in [7, 11) is 0. The molecule has 0 spiro atoms. The molecule has 236 valence electrons. The van der Waals surface area contributed by atoms with Crippen molar-refractivity contribution in [2.45, 2.75) is 6.92 Å². The molecule has 3 heteroatoms. The number of hydrogen-bond donors (Lipinski definition) is 0. The Morgan fingerprint density at radius 1 is 0.360 bits per heavy atom. The number of benzene rings is 7. The van der Waals surface area contributed by atoms with Crippen LogP contribution in [0.2, 0.25) is 0 Å². The highest BCUT2D eigenvalue weighted by molar-refractivity contribution is 6.09. The zero-order valence-electron chi connectivity index (χ0n) is 27.7. The molecule has 0 aliphatic rings. The summed E-state index contributed by atoms with van der Waals surface area (Å²) in [5.41, 5.74) is 14.2. The van der Waals surface area contributed by atoms with Gasteiger partial charge in [-0.05, 0) is 77.7 Å². The Bertz CT molecular complexity index is 2510. The Hall–Kier alpha value is -6.58. The van der Waals surface area contributed by atoms with Gasteiger partial charge in [0.05, 0.1) is 22.4 Å². The van der Waals surface area contributed by atoms with Crippen LogP contribution in [0.1, 0.15) is 5.56 Å². The molecule has 0 N–H and O–H groups in total. The number of fused-ring (bicyclic) bond motifs is 3. The van der Waals surface area contributed by atoms with Gasteiger partial charge in [0.2, 0.25) is 0 Å². The van der Waals surface area contributed by atoms with Crippen molar-refractivity contribution in [2.24, 2.45) is 0 Å². The third-order valence-corrected chi connectivity index (χ3v) is 9.48. The average Bonchev–Trinajstić information content (AvgIpc) is 3.53. The second kappa shape index (κ2) is 12.5. The molecule has 9 rings (SSSR count). The summed E-state index contributed by atoms with van der Waals surface area (Å²) in [6.07, 6.45) is 0. The van der Waals surface area contributed by atoms with E-state index in [-0.39, 0.29) is 0 Å². The number of aromatic nitrogens is 3. The summed E-state index contributed by atoms with van der Waals surface area (Å²) in [5.74, 6) is 0.708. The van der Waals surface area contributed by atoms with Crippen molar-refractivity contribution in [3.8, 4) is 61.8 Å². The van der Waals surface area contributed by atoms with Crippen LogP contribution in [0.3, 0.4) is 0 Å². The van der Waals surface area contributed by atoms with Crippen LogP contribution in [0.15, 0.2) is 182 Å². The molecule has 9 aromatic rings. The van der Waals surface area contributed by atoms with Gasteiger partial charge in [0.1, 0.15) is 0 Å². The van der Waals surface area contributed by atoms with E-state index in [1.165, 1.54) is 32.9 Å². The highest BCUT2D eigenvalue weighted by Gasteiger charge is 2.15. The number of hydrogen-bond acceptors (Lipinski definition) is 2. The van der Waals surface area contributed by atoms with Crippen molar-refractivity contribution in [1.82, 2.24) is 14.5 Å². The zero-order valence-corrected chi connectivity index (χ0v) is 27.7. The van der Waals surface area contributed by atoms with Crippen molar-refractivity contribution in [3.05, 3.63) is 188 Å². The lowest BCUT2D eigenvalue weighted by Gasteiger charge is -2.14. The molecule has 0 unspecified atom stereocenters. The average molecular weight is 640 g/mol. The summed E-state index contributed by atoms with van der Waals surface area (Å²) < 4.78 is 2.36. The summed E-state index contributed by atoms with van der Waals surface area (Å²) in [5, 5.41) is 2.52. The third kappa shape index (κ3) is 5.45. The van der Waals surface area contributed by atoms with Gasteiger partial charge < -0.3 is 4.57 Å². The van der Waals surface area contributed by atoms with Crippen LogP contribution in [-0.4, -0.2) is 14.5 Å². The van der Waals surface area contributed by atoms with E-state index in [2.05, 4.69) is 169 Å². The fourth-order valence-corrected chi connectivity index (χ4v) is 6.93. The minimum Gasteiger partial charge on any atom is -0.309 e. The van der Waals surface area contributed by atoms with E-state index >= 15 is 0 Å². The van der Waals surface area contributed by atoms with E-state index < -0.39 is 0 Å². The Kier molecular flexibility index (Phi) is 7.37. The van der Waals surface area contributed by atoms with Crippen LogP contribution >= 0.6 is 0 Å². The third-order valence-electron chi connectivity index (χ3n) is 9.48. The van der Waals surface area contributed by atoms with Crippen molar-refractivity contribution in [1.29, 1.82) is 0 Å². The van der Waals surface area contributed by atoms with E-state index in [0.717, 1.165) is 50.5 Å². The molecule has 2 heterocycles. The van der Waals surface area contributed by atoms with E-state index in [0.29, 0.717) is 5.82 Å². The Labute approximate surface area is 291 Å². The molecule has 50 heavy (non-hydrogen) atoms. The van der Waals surface area contributed by atoms with E-state index in [1.807, 2.05) is 24.3 Å². The maximum atomic E-state index is 5.17.